The van der Waals surface area contributed by atoms with E-state index in [4.69, 9.17) is 4.98 Å². The number of benzene rings is 1. The van der Waals surface area contributed by atoms with Crippen LogP contribution in [0.15, 0.2) is 42.6 Å². The monoisotopic (exact) mass is 253 g/mol. The lowest BCUT2D eigenvalue weighted by Crippen LogP contribution is -2.28. The van der Waals surface area contributed by atoms with Crippen molar-refractivity contribution in [1.82, 2.24) is 10.3 Å². The zero-order valence-corrected chi connectivity index (χ0v) is 11.3. The van der Waals surface area contributed by atoms with Gasteiger partial charge in [0.05, 0.1) is 0 Å². The highest BCUT2D eigenvalue weighted by molar-refractivity contribution is 5.94. The highest BCUT2D eigenvalue weighted by atomic mass is 15.2. The summed E-state index contributed by atoms with van der Waals surface area (Å²) in [6.07, 6.45) is 7.58. The van der Waals surface area contributed by atoms with Gasteiger partial charge in [0, 0.05) is 31.2 Å². The fraction of sp³-hybridized carbons (Fsp3) is 0.312. The minimum Gasteiger partial charge on any atom is -0.352 e. The average molecular weight is 253 g/mol. The summed E-state index contributed by atoms with van der Waals surface area (Å²) < 4.78 is 0. The van der Waals surface area contributed by atoms with E-state index in [1.54, 1.807) is 0 Å². The Labute approximate surface area is 114 Å². The molecule has 1 aliphatic heterocycles. The molecule has 0 radical (unpaired) electrons. The highest BCUT2D eigenvalue weighted by Gasteiger charge is 2.13. The van der Waals surface area contributed by atoms with Gasteiger partial charge in [-0.3, -0.25) is 0 Å². The molecule has 0 fully saturated rings. The Morgan fingerprint density at radius 2 is 2.05 bits per heavy atom. The quantitative estimate of drug-likeness (QED) is 0.853. The van der Waals surface area contributed by atoms with E-state index in [-0.39, 0.29) is 0 Å². The molecule has 0 bridgehead atoms. The summed E-state index contributed by atoms with van der Waals surface area (Å²) in [7, 11) is 1.97. The second-order valence-electron chi connectivity index (χ2n) is 4.89. The molecule has 1 aliphatic rings. The minimum atomic E-state index is 0.855. The summed E-state index contributed by atoms with van der Waals surface area (Å²) in [4.78, 5) is 7.05. The molecule has 2 aromatic rings. The van der Waals surface area contributed by atoms with Crippen LogP contribution < -0.4 is 10.2 Å². The Morgan fingerprint density at radius 3 is 2.79 bits per heavy atom. The van der Waals surface area contributed by atoms with Crippen LogP contribution in [0, 0.1) is 0 Å². The molecule has 19 heavy (non-hydrogen) atoms. The minimum absolute atomic E-state index is 0.855. The van der Waals surface area contributed by atoms with Crippen LogP contribution in [0.4, 0.5) is 5.82 Å². The molecule has 0 saturated carbocycles. The first-order valence-corrected chi connectivity index (χ1v) is 6.81. The Hall–Kier alpha value is -1.87. The molecule has 0 spiro atoms. The Morgan fingerprint density at radius 1 is 1.21 bits per heavy atom. The van der Waals surface area contributed by atoms with Crippen molar-refractivity contribution in [1.29, 1.82) is 0 Å². The smallest absolute Gasteiger partial charge is 0.136 e. The van der Waals surface area contributed by atoms with E-state index in [1.165, 1.54) is 16.3 Å². The van der Waals surface area contributed by atoms with Gasteiger partial charge in [-0.2, -0.15) is 0 Å². The molecule has 3 rings (SSSR count). The Kier molecular flexibility index (Phi) is 3.47. The predicted molar refractivity (Wildman–Crippen MR) is 80.5 cm³/mol. The van der Waals surface area contributed by atoms with Crippen molar-refractivity contribution in [3.63, 3.8) is 0 Å². The molecule has 2 heterocycles. The van der Waals surface area contributed by atoms with E-state index in [0.29, 0.717) is 0 Å². The van der Waals surface area contributed by atoms with Gasteiger partial charge < -0.3 is 10.2 Å². The van der Waals surface area contributed by atoms with Gasteiger partial charge in [0.1, 0.15) is 5.82 Å². The molecule has 1 aromatic heterocycles. The van der Waals surface area contributed by atoms with E-state index in [0.717, 1.165) is 31.9 Å². The van der Waals surface area contributed by atoms with Gasteiger partial charge in [0.15, 0.2) is 0 Å². The van der Waals surface area contributed by atoms with Crippen LogP contribution >= 0.6 is 0 Å². The van der Waals surface area contributed by atoms with Crippen LogP contribution in [0.25, 0.3) is 10.8 Å². The van der Waals surface area contributed by atoms with Crippen LogP contribution in [-0.4, -0.2) is 25.1 Å². The third-order valence-corrected chi connectivity index (χ3v) is 3.58. The normalized spacial score (nSPS) is 15.1. The van der Waals surface area contributed by atoms with Gasteiger partial charge in [0.25, 0.3) is 0 Å². The zero-order chi connectivity index (χ0) is 13.1. The van der Waals surface area contributed by atoms with Crippen molar-refractivity contribution >= 4 is 16.6 Å². The van der Waals surface area contributed by atoms with Crippen LogP contribution in [-0.2, 0) is 6.54 Å². The molecule has 3 nitrogen and oxygen atoms in total. The van der Waals surface area contributed by atoms with E-state index >= 15 is 0 Å². The summed E-state index contributed by atoms with van der Waals surface area (Å²) in [6.45, 7) is 2.87. The zero-order valence-electron chi connectivity index (χ0n) is 11.3. The second-order valence-corrected chi connectivity index (χ2v) is 4.89. The number of hydrogen-bond acceptors (Lipinski definition) is 3. The molecule has 0 atom stereocenters. The SMILES string of the molecule is CNCc1cnc(N2CC=CCC2)c2ccccc12. The molecule has 0 unspecified atom stereocenters. The first kappa shape index (κ1) is 12.2. The predicted octanol–water partition coefficient (Wildman–Crippen LogP) is 2.72. The molecular formula is C16H19N3. The second kappa shape index (κ2) is 5.41. The Bertz CT molecular complexity index is 604. The number of anilines is 1. The number of nitrogens with one attached hydrogen (secondary N) is 1. The largest absolute Gasteiger partial charge is 0.352 e. The van der Waals surface area contributed by atoms with Gasteiger partial charge >= 0.3 is 0 Å². The van der Waals surface area contributed by atoms with Crippen molar-refractivity contribution in [3.05, 3.63) is 48.2 Å². The van der Waals surface area contributed by atoms with Crippen LogP contribution in [0.2, 0.25) is 0 Å². The summed E-state index contributed by atoms with van der Waals surface area (Å²) in [6, 6.07) is 8.56. The Balaban J connectivity index is 2.10. The van der Waals surface area contributed by atoms with E-state index in [1.807, 2.05) is 13.2 Å². The topological polar surface area (TPSA) is 28.2 Å². The summed E-state index contributed by atoms with van der Waals surface area (Å²) in [5.41, 5.74) is 1.26. The fourth-order valence-corrected chi connectivity index (χ4v) is 2.65. The standard InChI is InChI=1S/C16H19N3/c1-17-11-13-12-18-16(19-9-5-2-6-10-19)15-8-4-3-7-14(13)15/h2-5,7-8,12,17H,6,9-11H2,1H3. The van der Waals surface area contributed by atoms with Gasteiger partial charge in [-0.1, -0.05) is 36.4 Å². The highest BCUT2D eigenvalue weighted by Crippen LogP contribution is 2.28. The molecular weight excluding hydrogens is 234 g/mol. The maximum atomic E-state index is 4.70. The maximum Gasteiger partial charge on any atom is 0.136 e. The van der Waals surface area contributed by atoms with Crippen molar-refractivity contribution in [2.45, 2.75) is 13.0 Å². The average Bonchev–Trinajstić information content (AvgIpc) is 2.49. The lowest BCUT2D eigenvalue weighted by molar-refractivity contribution is 0.800. The summed E-state index contributed by atoms with van der Waals surface area (Å²) in [5, 5.41) is 5.77. The molecule has 98 valence electrons. The van der Waals surface area contributed by atoms with Crippen molar-refractivity contribution < 1.29 is 0 Å². The van der Waals surface area contributed by atoms with Crippen LogP contribution in [0.1, 0.15) is 12.0 Å². The first-order valence-electron chi connectivity index (χ1n) is 6.81. The first-order chi connectivity index (χ1) is 9.40. The van der Waals surface area contributed by atoms with E-state index < -0.39 is 0 Å². The fourth-order valence-electron chi connectivity index (χ4n) is 2.65. The van der Waals surface area contributed by atoms with Crippen molar-refractivity contribution in [3.8, 4) is 0 Å². The van der Waals surface area contributed by atoms with E-state index in [9.17, 15) is 0 Å². The number of aromatic nitrogens is 1. The van der Waals surface area contributed by atoms with E-state index in [2.05, 4.69) is 46.6 Å². The number of nitrogens with zero attached hydrogens (tertiary/aromatic N) is 2. The lowest BCUT2D eigenvalue weighted by atomic mass is 10.1. The molecule has 0 amide bonds. The third-order valence-electron chi connectivity index (χ3n) is 3.58. The number of hydrogen-bond donors (Lipinski definition) is 1. The number of rotatable bonds is 3. The summed E-state index contributed by atoms with van der Waals surface area (Å²) >= 11 is 0. The van der Waals surface area contributed by atoms with Gasteiger partial charge in [-0.25, -0.2) is 4.98 Å². The number of pyridine rings is 1. The molecule has 0 saturated heterocycles. The summed E-state index contributed by atoms with van der Waals surface area (Å²) in [5.74, 6) is 1.11. The lowest BCUT2D eigenvalue weighted by Gasteiger charge is -2.26. The molecule has 1 N–H and O–H groups in total. The van der Waals surface area contributed by atoms with Crippen molar-refractivity contribution in [2.75, 3.05) is 25.0 Å². The van der Waals surface area contributed by atoms with Crippen molar-refractivity contribution in [2.24, 2.45) is 0 Å². The molecule has 0 aliphatic carbocycles. The van der Waals surface area contributed by atoms with Crippen LogP contribution in [0.3, 0.4) is 0 Å². The third kappa shape index (κ3) is 2.34. The molecule has 1 aromatic carbocycles. The maximum absolute atomic E-state index is 4.70. The van der Waals surface area contributed by atoms with Crippen LogP contribution in [0.5, 0.6) is 0 Å². The van der Waals surface area contributed by atoms with Gasteiger partial charge in [0.2, 0.25) is 0 Å². The van der Waals surface area contributed by atoms with Gasteiger partial charge in [-0.05, 0) is 24.4 Å². The van der Waals surface area contributed by atoms with Gasteiger partial charge in [-0.15, -0.1) is 0 Å². The molecule has 3 heteroatoms. The number of fused-ring (bicyclic) bond motifs is 1.